The molecular weight excluding hydrogens is 436 g/mol. The van der Waals surface area contributed by atoms with Crippen LogP contribution < -0.4 is 4.90 Å². The third-order valence-electron chi connectivity index (χ3n) is 4.57. The Hall–Kier alpha value is -0.860. The summed E-state index contributed by atoms with van der Waals surface area (Å²) >= 11 is 4.94. The molecule has 0 N–H and O–H groups in total. The van der Waals surface area contributed by atoms with E-state index in [0.717, 1.165) is 21.3 Å². The second-order valence-corrected chi connectivity index (χ2v) is 11.7. The van der Waals surface area contributed by atoms with Gasteiger partial charge in [-0.2, -0.15) is 4.99 Å². The van der Waals surface area contributed by atoms with Crippen molar-refractivity contribution in [3.63, 3.8) is 0 Å². The fourth-order valence-electron chi connectivity index (χ4n) is 3.61. The van der Waals surface area contributed by atoms with Crippen molar-refractivity contribution < 1.29 is 13.2 Å². The monoisotopic (exact) mass is 458 g/mol. The lowest BCUT2D eigenvalue weighted by atomic mass is 10.1. The molecule has 1 aromatic rings. The van der Waals surface area contributed by atoms with Gasteiger partial charge in [0, 0.05) is 21.8 Å². The molecule has 0 aliphatic carbocycles. The number of carbonyl (C=O) groups is 1. The molecule has 0 saturated carbocycles. The number of benzene rings is 1. The van der Waals surface area contributed by atoms with Crippen LogP contribution in [0.1, 0.15) is 31.4 Å². The average Bonchev–Trinajstić information content (AvgIpc) is 2.89. The second kappa shape index (κ2) is 7.28. The molecule has 0 spiro atoms. The van der Waals surface area contributed by atoms with E-state index in [0.29, 0.717) is 11.6 Å². The summed E-state index contributed by atoms with van der Waals surface area (Å²) in [7, 11) is -3.06. The van der Waals surface area contributed by atoms with Crippen molar-refractivity contribution in [2.45, 2.75) is 45.4 Å². The SMILES string of the molecule is Cc1cc(Br)cc(C)c1N1C(=NC(=O)CC(C)C)S[C@H]2CS(=O)(=O)C[C@@H]21. The standard InChI is InChI=1S/C18H23BrN2O3S2/c1-10(2)5-16(22)20-18-21(14-8-26(23,24)9-15(14)25-18)17-11(3)6-13(19)7-12(17)4/h6-7,10,14-15H,5,8-9H2,1-4H3/t14-,15-/m0/s1. The lowest BCUT2D eigenvalue weighted by Gasteiger charge is -2.28. The summed E-state index contributed by atoms with van der Waals surface area (Å²) in [6.07, 6.45) is 0.393. The van der Waals surface area contributed by atoms with Crippen molar-refractivity contribution in [1.29, 1.82) is 0 Å². The number of amides is 1. The molecule has 0 aromatic heterocycles. The maximum absolute atomic E-state index is 12.3. The number of hydrogen-bond donors (Lipinski definition) is 0. The predicted molar refractivity (Wildman–Crippen MR) is 112 cm³/mol. The number of aryl methyl sites for hydroxylation is 2. The second-order valence-electron chi connectivity index (χ2n) is 7.44. The smallest absolute Gasteiger partial charge is 0.248 e. The van der Waals surface area contributed by atoms with Gasteiger partial charge in [0.05, 0.1) is 17.5 Å². The summed E-state index contributed by atoms with van der Waals surface area (Å²) < 4.78 is 25.3. The molecule has 2 aliphatic heterocycles. The van der Waals surface area contributed by atoms with Gasteiger partial charge in [-0.3, -0.25) is 4.79 Å². The van der Waals surface area contributed by atoms with Gasteiger partial charge in [-0.25, -0.2) is 8.42 Å². The topological polar surface area (TPSA) is 66.8 Å². The minimum Gasteiger partial charge on any atom is -0.315 e. The van der Waals surface area contributed by atoms with E-state index in [1.165, 1.54) is 11.8 Å². The Labute approximate surface area is 167 Å². The number of carbonyl (C=O) groups excluding carboxylic acids is 1. The van der Waals surface area contributed by atoms with E-state index in [2.05, 4.69) is 20.9 Å². The fourth-order valence-corrected chi connectivity index (χ4v) is 8.21. The average molecular weight is 459 g/mol. The molecule has 26 heavy (non-hydrogen) atoms. The van der Waals surface area contributed by atoms with Crippen LogP contribution in [0, 0.1) is 19.8 Å². The number of rotatable bonds is 3. The van der Waals surface area contributed by atoms with Crippen LogP contribution >= 0.6 is 27.7 Å². The highest BCUT2D eigenvalue weighted by Gasteiger charge is 2.50. The van der Waals surface area contributed by atoms with E-state index in [4.69, 9.17) is 0 Å². The van der Waals surface area contributed by atoms with Crippen LogP contribution in [-0.2, 0) is 14.6 Å². The van der Waals surface area contributed by atoms with Gasteiger partial charge in [0.1, 0.15) is 0 Å². The zero-order valence-corrected chi connectivity index (χ0v) is 18.5. The molecule has 8 heteroatoms. The van der Waals surface area contributed by atoms with Crippen LogP contribution in [0.15, 0.2) is 21.6 Å². The Morgan fingerprint density at radius 3 is 2.50 bits per heavy atom. The Balaban J connectivity index is 2.07. The first-order valence-electron chi connectivity index (χ1n) is 8.62. The first kappa shape index (κ1) is 19.9. The van der Waals surface area contributed by atoms with Crippen molar-refractivity contribution in [3.05, 3.63) is 27.7 Å². The van der Waals surface area contributed by atoms with Gasteiger partial charge >= 0.3 is 0 Å². The minimum atomic E-state index is -3.06. The molecule has 1 amide bonds. The largest absolute Gasteiger partial charge is 0.315 e. The van der Waals surface area contributed by atoms with Crippen molar-refractivity contribution in [2.75, 3.05) is 16.4 Å². The molecular formula is C18H23BrN2O3S2. The van der Waals surface area contributed by atoms with Gasteiger partial charge in [0.2, 0.25) is 5.91 Å². The van der Waals surface area contributed by atoms with E-state index < -0.39 is 9.84 Å². The van der Waals surface area contributed by atoms with Crippen molar-refractivity contribution in [2.24, 2.45) is 10.9 Å². The Morgan fingerprint density at radius 1 is 1.31 bits per heavy atom. The van der Waals surface area contributed by atoms with Gasteiger partial charge in [-0.1, -0.05) is 41.5 Å². The maximum atomic E-state index is 12.3. The molecule has 142 valence electrons. The van der Waals surface area contributed by atoms with Crippen LogP contribution in [0.4, 0.5) is 5.69 Å². The Morgan fingerprint density at radius 2 is 1.92 bits per heavy atom. The van der Waals surface area contributed by atoms with Gasteiger partial charge in [0.15, 0.2) is 15.0 Å². The third-order valence-corrected chi connectivity index (χ3v) is 8.23. The summed E-state index contributed by atoms with van der Waals surface area (Å²) in [5.74, 6) is 0.340. The number of sulfone groups is 1. The number of fused-ring (bicyclic) bond motifs is 1. The molecule has 0 radical (unpaired) electrons. The normalized spacial score (nSPS) is 25.9. The van der Waals surface area contributed by atoms with Crippen LogP contribution in [0.5, 0.6) is 0 Å². The molecule has 5 nitrogen and oxygen atoms in total. The molecule has 0 unspecified atom stereocenters. The number of hydrogen-bond acceptors (Lipinski definition) is 4. The van der Waals surface area contributed by atoms with Crippen LogP contribution in [0.25, 0.3) is 0 Å². The fraction of sp³-hybridized carbons (Fsp3) is 0.556. The number of aliphatic imine (C=N–C) groups is 1. The van der Waals surface area contributed by atoms with Crippen molar-refractivity contribution >= 4 is 54.3 Å². The lowest BCUT2D eigenvalue weighted by molar-refractivity contribution is -0.118. The Kier molecular flexibility index (Phi) is 5.57. The predicted octanol–water partition coefficient (Wildman–Crippen LogP) is 3.71. The number of thioether (sulfide) groups is 1. The molecule has 2 heterocycles. The zero-order chi connectivity index (χ0) is 19.2. The first-order valence-corrected chi connectivity index (χ1v) is 12.1. The number of amidine groups is 1. The molecule has 2 fully saturated rings. The lowest BCUT2D eigenvalue weighted by Crippen LogP contribution is -2.38. The summed E-state index contributed by atoms with van der Waals surface area (Å²) in [6.45, 7) is 7.98. The van der Waals surface area contributed by atoms with Crippen LogP contribution in [-0.4, -0.2) is 42.3 Å². The summed E-state index contributed by atoms with van der Waals surface area (Å²) in [5.41, 5.74) is 3.03. The Bertz CT molecular complexity index is 857. The van der Waals surface area contributed by atoms with E-state index in [1.54, 1.807) is 0 Å². The third kappa shape index (κ3) is 4.02. The summed E-state index contributed by atoms with van der Waals surface area (Å²) in [5, 5.41) is 0.558. The highest BCUT2D eigenvalue weighted by Crippen LogP contribution is 2.43. The number of nitrogens with zero attached hydrogens (tertiary/aromatic N) is 2. The molecule has 1 aromatic carbocycles. The molecule has 2 atom stereocenters. The quantitative estimate of drug-likeness (QED) is 0.690. The van der Waals surface area contributed by atoms with E-state index >= 15 is 0 Å². The van der Waals surface area contributed by atoms with Gasteiger partial charge in [-0.15, -0.1) is 0 Å². The van der Waals surface area contributed by atoms with E-state index in [1.807, 2.05) is 44.7 Å². The number of halogens is 1. The molecule has 3 rings (SSSR count). The minimum absolute atomic E-state index is 0.0759. The highest BCUT2D eigenvalue weighted by atomic mass is 79.9. The van der Waals surface area contributed by atoms with E-state index in [-0.39, 0.29) is 34.6 Å². The first-order chi connectivity index (χ1) is 12.1. The van der Waals surface area contributed by atoms with Crippen LogP contribution in [0.2, 0.25) is 0 Å². The highest BCUT2D eigenvalue weighted by molar-refractivity contribution is 9.10. The van der Waals surface area contributed by atoms with Crippen molar-refractivity contribution in [3.8, 4) is 0 Å². The summed E-state index contributed by atoms with van der Waals surface area (Å²) in [6, 6.07) is 3.85. The van der Waals surface area contributed by atoms with Gasteiger partial charge in [0.25, 0.3) is 0 Å². The molecule has 2 aliphatic rings. The van der Waals surface area contributed by atoms with Crippen LogP contribution in [0.3, 0.4) is 0 Å². The maximum Gasteiger partial charge on any atom is 0.248 e. The zero-order valence-electron chi connectivity index (χ0n) is 15.3. The molecule has 2 saturated heterocycles. The van der Waals surface area contributed by atoms with Gasteiger partial charge < -0.3 is 4.90 Å². The van der Waals surface area contributed by atoms with E-state index in [9.17, 15) is 13.2 Å². The molecule has 0 bridgehead atoms. The van der Waals surface area contributed by atoms with Gasteiger partial charge in [-0.05, 0) is 43.0 Å². The number of anilines is 1. The summed E-state index contributed by atoms with van der Waals surface area (Å²) in [4.78, 5) is 18.7. The van der Waals surface area contributed by atoms with Crippen molar-refractivity contribution in [1.82, 2.24) is 0 Å².